The maximum Gasteiger partial charge on any atom is 0.217 e. The molecule has 1 saturated heterocycles. The number of hydrogen-bond donors (Lipinski definition) is 2. The van der Waals surface area contributed by atoms with Gasteiger partial charge in [0.2, 0.25) is 5.91 Å². The highest BCUT2D eigenvalue weighted by molar-refractivity contribution is 9.10. The zero-order valence-electron chi connectivity index (χ0n) is 11.7. The summed E-state index contributed by atoms with van der Waals surface area (Å²) < 4.78 is 1.01. The van der Waals surface area contributed by atoms with Gasteiger partial charge in [0.25, 0.3) is 0 Å². The molecule has 0 radical (unpaired) electrons. The zero-order valence-corrected chi connectivity index (χ0v) is 13.3. The fourth-order valence-corrected chi connectivity index (χ4v) is 3.16. The summed E-state index contributed by atoms with van der Waals surface area (Å²) in [5.41, 5.74) is 7.28. The predicted octanol–water partition coefficient (Wildman–Crippen LogP) is 2.59. The van der Waals surface area contributed by atoms with Crippen molar-refractivity contribution in [1.82, 2.24) is 0 Å². The average Bonchev–Trinajstić information content (AvgIpc) is 2.38. The van der Waals surface area contributed by atoms with Crippen molar-refractivity contribution >= 4 is 27.5 Å². The second kappa shape index (κ2) is 6.59. The molecule has 0 spiro atoms. The predicted molar refractivity (Wildman–Crippen MR) is 83.5 cm³/mol. The quantitative estimate of drug-likeness (QED) is 0.885. The van der Waals surface area contributed by atoms with E-state index in [1.807, 2.05) is 12.1 Å². The molecule has 1 fully saturated rings. The van der Waals surface area contributed by atoms with Crippen LogP contribution < -0.4 is 10.6 Å². The number of aliphatic hydroxyl groups excluding tert-OH is 1. The van der Waals surface area contributed by atoms with Crippen molar-refractivity contribution in [2.24, 2.45) is 11.7 Å². The number of carbonyl (C=O) groups excluding carboxylic acids is 1. The number of anilines is 1. The first-order valence-electron chi connectivity index (χ1n) is 6.98. The van der Waals surface area contributed by atoms with Crippen molar-refractivity contribution < 1.29 is 9.90 Å². The minimum absolute atomic E-state index is 0.212. The van der Waals surface area contributed by atoms with E-state index in [4.69, 9.17) is 5.73 Å². The first-order valence-corrected chi connectivity index (χ1v) is 7.77. The van der Waals surface area contributed by atoms with Crippen LogP contribution >= 0.6 is 15.9 Å². The molecule has 1 amide bonds. The Morgan fingerprint density at radius 1 is 1.50 bits per heavy atom. The highest BCUT2D eigenvalue weighted by atomic mass is 79.9. The number of primary amides is 1. The summed E-state index contributed by atoms with van der Waals surface area (Å²) in [6, 6.07) is 5.96. The van der Waals surface area contributed by atoms with E-state index in [2.05, 4.69) is 26.9 Å². The summed E-state index contributed by atoms with van der Waals surface area (Å²) in [5.74, 6) is 0.182. The summed E-state index contributed by atoms with van der Waals surface area (Å²) in [6.45, 7) is 3.58. The first kappa shape index (κ1) is 15.3. The van der Waals surface area contributed by atoms with Crippen molar-refractivity contribution in [2.75, 3.05) is 18.0 Å². The van der Waals surface area contributed by atoms with E-state index in [9.17, 15) is 9.90 Å². The molecule has 5 heteroatoms. The number of piperidine rings is 1. The molecule has 2 rings (SSSR count). The number of benzene rings is 1. The van der Waals surface area contributed by atoms with Crippen LogP contribution in [0.4, 0.5) is 5.69 Å². The topological polar surface area (TPSA) is 66.6 Å². The molecule has 0 aliphatic carbocycles. The van der Waals surface area contributed by atoms with E-state index in [1.54, 1.807) is 6.92 Å². The lowest BCUT2D eigenvalue weighted by molar-refractivity contribution is -0.119. The van der Waals surface area contributed by atoms with Gasteiger partial charge in [-0.05, 0) is 37.8 Å². The van der Waals surface area contributed by atoms with E-state index in [-0.39, 0.29) is 5.91 Å². The van der Waals surface area contributed by atoms with Gasteiger partial charge in [-0.3, -0.25) is 4.79 Å². The molecule has 1 aliphatic heterocycles. The molecule has 20 heavy (non-hydrogen) atoms. The molecule has 1 aliphatic rings. The fourth-order valence-electron chi connectivity index (χ4n) is 2.81. The second-order valence-corrected chi connectivity index (χ2v) is 6.40. The highest BCUT2D eigenvalue weighted by Gasteiger charge is 2.23. The fraction of sp³-hybridized carbons (Fsp3) is 0.533. The zero-order chi connectivity index (χ0) is 14.7. The molecule has 1 aromatic rings. The molecule has 1 unspecified atom stereocenters. The first-order chi connectivity index (χ1) is 9.47. The van der Waals surface area contributed by atoms with Gasteiger partial charge >= 0.3 is 0 Å². The number of nitrogens with two attached hydrogens (primary N) is 1. The Bertz CT molecular complexity index is 483. The summed E-state index contributed by atoms with van der Waals surface area (Å²) >= 11 is 3.49. The summed E-state index contributed by atoms with van der Waals surface area (Å²) in [4.78, 5) is 13.3. The van der Waals surface area contributed by atoms with Gasteiger partial charge in [0, 0.05) is 35.2 Å². The van der Waals surface area contributed by atoms with Crippen molar-refractivity contribution in [3.05, 3.63) is 28.2 Å². The lowest BCUT2D eigenvalue weighted by Crippen LogP contribution is -2.35. The van der Waals surface area contributed by atoms with Crippen LogP contribution in [0.15, 0.2) is 22.7 Å². The van der Waals surface area contributed by atoms with Gasteiger partial charge in [0.05, 0.1) is 6.10 Å². The SMILES string of the molecule is CC(O)c1ccc(Br)cc1N1CCC(CC(N)=O)CC1. The minimum Gasteiger partial charge on any atom is -0.389 e. The summed E-state index contributed by atoms with van der Waals surface area (Å²) in [5, 5.41) is 9.89. The van der Waals surface area contributed by atoms with Gasteiger partial charge < -0.3 is 15.7 Å². The van der Waals surface area contributed by atoms with Crippen molar-refractivity contribution in [2.45, 2.75) is 32.3 Å². The number of halogens is 1. The van der Waals surface area contributed by atoms with E-state index >= 15 is 0 Å². The van der Waals surface area contributed by atoms with Crippen LogP contribution in [0.3, 0.4) is 0 Å². The van der Waals surface area contributed by atoms with E-state index in [1.165, 1.54) is 0 Å². The second-order valence-electron chi connectivity index (χ2n) is 5.48. The normalized spacial score (nSPS) is 18.1. The maximum absolute atomic E-state index is 11.0. The molecule has 0 saturated carbocycles. The maximum atomic E-state index is 11.0. The molecule has 4 nitrogen and oxygen atoms in total. The number of carbonyl (C=O) groups is 1. The minimum atomic E-state index is -0.485. The van der Waals surface area contributed by atoms with E-state index in [0.717, 1.165) is 41.7 Å². The third kappa shape index (κ3) is 3.73. The number of nitrogens with zero attached hydrogens (tertiary/aromatic N) is 1. The van der Waals surface area contributed by atoms with Crippen molar-refractivity contribution in [3.63, 3.8) is 0 Å². The van der Waals surface area contributed by atoms with E-state index in [0.29, 0.717) is 12.3 Å². The molecule has 0 aromatic heterocycles. The number of amides is 1. The Morgan fingerprint density at radius 3 is 2.70 bits per heavy atom. The number of hydrogen-bond acceptors (Lipinski definition) is 3. The molecule has 0 bridgehead atoms. The van der Waals surface area contributed by atoms with Crippen LogP contribution in [0.25, 0.3) is 0 Å². The Morgan fingerprint density at radius 2 is 2.15 bits per heavy atom. The molecular weight excluding hydrogens is 320 g/mol. The lowest BCUT2D eigenvalue weighted by Gasteiger charge is -2.35. The van der Waals surface area contributed by atoms with Gasteiger partial charge in [-0.1, -0.05) is 22.0 Å². The Balaban J connectivity index is 2.10. The molecule has 110 valence electrons. The molecule has 1 atom stereocenters. The average molecular weight is 341 g/mol. The molecule has 1 heterocycles. The third-order valence-corrected chi connectivity index (χ3v) is 4.38. The summed E-state index contributed by atoms with van der Waals surface area (Å²) in [6.07, 6.45) is 1.93. The Kier molecular flexibility index (Phi) is 5.05. The van der Waals surface area contributed by atoms with Crippen LogP contribution in [-0.2, 0) is 4.79 Å². The van der Waals surface area contributed by atoms with Gasteiger partial charge in [0.15, 0.2) is 0 Å². The van der Waals surface area contributed by atoms with Crippen molar-refractivity contribution in [3.8, 4) is 0 Å². The van der Waals surface area contributed by atoms with E-state index < -0.39 is 6.10 Å². The summed E-state index contributed by atoms with van der Waals surface area (Å²) in [7, 11) is 0. The van der Waals surface area contributed by atoms with Gasteiger partial charge in [-0.25, -0.2) is 0 Å². The number of rotatable bonds is 4. The molecule has 3 N–H and O–H groups in total. The van der Waals surface area contributed by atoms with Gasteiger partial charge in [-0.2, -0.15) is 0 Å². The third-order valence-electron chi connectivity index (χ3n) is 3.89. The van der Waals surface area contributed by atoms with Crippen LogP contribution in [-0.4, -0.2) is 24.1 Å². The Labute approximate surface area is 128 Å². The van der Waals surface area contributed by atoms with Crippen LogP contribution in [0.1, 0.15) is 37.9 Å². The molecule has 1 aromatic carbocycles. The largest absolute Gasteiger partial charge is 0.389 e. The monoisotopic (exact) mass is 340 g/mol. The van der Waals surface area contributed by atoms with Crippen LogP contribution in [0.2, 0.25) is 0 Å². The van der Waals surface area contributed by atoms with Crippen molar-refractivity contribution in [1.29, 1.82) is 0 Å². The van der Waals surface area contributed by atoms with Crippen LogP contribution in [0.5, 0.6) is 0 Å². The van der Waals surface area contributed by atoms with Crippen LogP contribution in [0, 0.1) is 5.92 Å². The van der Waals surface area contributed by atoms with Gasteiger partial charge in [-0.15, -0.1) is 0 Å². The molecular formula is C15H21BrN2O2. The Hall–Kier alpha value is -1.07. The standard InChI is InChI=1S/C15H21BrN2O2/c1-10(19)13-3-2-12(16)9-14(13)18-6-4-11(5-7-18)8-15(17)20/h2-3,9-11,19H,4-8H2,1H3,(H2,17,20). The highest BCUT2D eigenvalue weighted by Crippen LogP contribution is 2.33. The van der Waals surface area contributed by atoms with Gasteiger partial charge in [0.1, 0.15) is 0 Å². The smallest absolute Gasteiger partial charge is 0.217 e. The number of aliphatic hydroxyl groups is 1. The lowest BCUT2D eigenvalue weighted by atomic mass is 9.92.